The SMILES string of the molecule is CCOCCCN=C(NCCc1ccco1)N1CCN(c2ccncc2Cl)CC1. The van der Waals surface area contributed by atoms with E-state index in [0.29, 0.717) is 5.02 Å². The number of nitrogens with zero attached hydrogens (tertiary/aromatic N) is 4. The Kier molecular flexibility index (Phi) is 8.64. The van der Waals surface area contributed by atoms with Gasteiger partial charge in [-0.05, 0) is 31.5 Å². The van der Waals surface area contributed by atoms with E-state index in [4.69, 9.17) is 25.7 Å². The number of guanidine groups is 1. The number of aliphatic imine (C=N–C) groups is 1. The van der Waals surface area contributed by atoms with Crippen LogP contribution in [0.2, 0.25) is 5.02 Å². The third kappa shape index (κ3) is 6.65. The Morgan fingerprint density at radius 3 is 2.90 bits per heavy atom. The number of piperazine rings is 1. The number of furan rings is 1. The minimum Gasteiger partial charge on any atom is -0.469 e. The van der Waals surface area contributed by atoms with E-state index < -0.39 is 0 Å². The van der Waals surface area contributed by atoms with Gasteiger partial charge in [0.15, 0.2) is 5.96 Å². The smallest absolute Gasteiger partial charge is 0.194 e. The fourth-order valence-corrected chi connectivity index (χ4v) is 3.54. The van der Waals surface area contributed by atoms with E-state index in [-0.39, 0.29) is 0 Å². The van der Waals surface area contributed by atoms with Gasteiger partial charge in [-0.2, -0.15) is 0 Å². The molecule has 0 spiro atoms. The highest BCUT2D eigenvalue weighted by Crippen LogP contribution is 2.25. The molecule has 2 aromatic rings. The van der Waals surface area contributed by atoms with E-state index in [2.05, 4.69) is 20.1 Å². The highest BCUT2D eigenvalue weighted by Gasteiger charge is 2.21. The number of pyridine rings is 1. The lowest BCUT2D eigenvalue weighted by molar-refractivity contribution is 0.146. The summed E-state index contributed by atoms with van der Waals surface area (Å²) in [5, 5.41) is 4.20. The molecule has 1 saturated heterocycles. The van der Waals surface area contributed by atoms with Crippen LogP contribution in [0, 0.1) is 0 Å². The molecule has 7 nitrogen and oxygen atoms in total. The van der Waals surface area contributed by atoms with Crippen LogP contribution in [0.3, 0.4) is 0 Å². The van der Waals surface area contributed by atoms with E-state index in [0.717, 1.165) is 82.7 Å². The molecule has 1 N–H and O–H groups in total. The Labute approximate surface area is 177 Å². The third-order valence-corrected chi connectivity index (χ3v) is 5.11. The zero-order chi connectivity index (χ0) is 20.3. The lowest BCUT2D eigenvalue weighted by Gasteiger charge is -2.38. The Morgan fingerprint density at radius 1 is 1.31 bits per heavy atom. The number of hydrogen-bond donors (Lipinski definition) is 1. The fourth-order valence-electron chi connectivity index (χ4n) is 3.30. The number of anilines is 1. The molecule has 0 aromatic carbocycles. The quantitative estimate of drug-likeness (QED) is 0.383. The lowest BCUT2D eigenvalue weighted by Crippen LogP contribution is -2.53. The Morgan fingerprint density at radius 2 is 2.17 bits per heavy atom. The first-order valence-electron chi connectivity index (χ1n) is 10.3. The predicted octanol–water partition coefficient (Wildman–Crippen LogP) is 3.06. The first kappa shape index (κ1) is 21.5. The van der Waals surface area contributed by atoms with Gasteiger partial charge in [-0.15, -0.1) is 0 Å². The summed E-state index contributed by atoms with van der Waals surface area (Å²) in [4.78, 5) is 13.5. The van der Waals surface area contributed by atoms with Crippen molar-refractivity contribution in [2.45, 2.75) is 19.8 Å². The number of ether oxygens (including phenoxy) is 1. The van der Waals surface area contributed by atoms with E-state index >= 15 is 0 Å². The van der Waals surface area contributed by atoms with Gasteiger partial charge in [0.1, 0.15) is 5.76 Å². The molecule has 0 bridgehead atoms. The molecule has 0 aliphatic carbocycles. The number of rotatable bonds is 9. The van der Waals surface area contributed by atoms with Crippen molar-refractivity contribution in [3.8, 4) is 0 Å². The Hall–Kier alpha value is -2.25. The highest BCUT2D eigenvalue weighted by molar-refractivity contribution is 6.33. The van der Waals surface area contributed by atoms with Crippen molar-refractivity contribution in [1.82, 2.24) is 15.2 Å². The van der Waals surface area contributed by atoms with Crippen LogP contribution in [0.4, 0.5) is 5.69 Å². The number of aromatic nitrogens is 1. The van der Waals surface area contributed by atoms with Crippen LogP contribution >= 0.6 is 11.6 Å². The van der Waals surface area contributed by atoms with Gasteiger partial charge in [0.05, 0.1) is 17.0 Å². The normalized spacial score (nSPS) is 15.0. The Balaban J connectivity index is 1.54. The summed E-state index contributed by atoms with van der Waals surface area (Å²) < 4.78 is 10.9. The predicted molar refractivity (Wildman–Crippen MR) is 117 cm³/mol. The van der Waals surface area contributed by atoms with Crippen molar-refractivity contribution in [2.75, 3.05) is 57.4 Å². The Bertz CT molecular complexity index is 745. The molecule has 0 amide bonds. The van der Waals surface area contributed by atoms with Gasteiger partial charge < -0.3 is 24.3 Å². The second-order valence-electron chi connectivity index (χ2n) is 6.81. The lowest BCUT2D eigenvalue weighted by atomic mass is 10.2. The van der Waals surface area contributed by atoms with Crippen molar-refractivity contribution < 1.29 is 9.15 Å². The van der Waals surface area contributed by atoms with E-state index in [1.54, 1.807) is 18.7 Å². The summed E-state index contributed by atoms with van der Waals surface area (Å²) in [6.07, 6.45) is 6.95. The largest absolute Gasteiger partial charge is 0.469 e. The topological polar surface area (TPSA) is 66.1 Å². The van der Waals surface area contributed by atoms with Crippen molar-refractivity contribution in [1.29, 1.82) is 0 Å². The van der Waals surface area contributed by atoms with Crippen molar-refractivity contribution in [2.24, 2.45) is 4.99 Å². The minimum atomic E-state index is 0.697. The first-order chi connectivity index (χ1) is 14.3. The third-order valence-electron chi connectivity index (χ3n) is 4.82. The number of hydrogen-bond acceptors (Lipinski definition) is 5. The fraction of sp³-hybridized carbons (Fsp3) is 0.524. The zero-order valence-corrected chi connectivity index (χ0v) is 17.8. The standard InChI is InChI=1S/C21H30ClN5O2/c1-2-28-15-4-8-24-21(25-10-6-18-5-3-16-29-18)27-13-11-26(12-14-27)20-7-9-23-17-19(20)22/h3,5,7,9,16-17H,2,4,6,8,10-15H2,1H3,(H,24,25). The van der Waals surface area contributed by atoms with E-state index in [1.165, 1.54) is 0 Å². The van der Waals surface area contributed by atoms with Crippen LogP contribution in [0.5, 0.6) is 0 Å². The zero-order valence-electron chi connectivity index (χ0n) is 17.0. The van der Waals surface area contributed by atoms with Gasteiger partial charge in [0.2, 0.25) is 0 Å². The minimum absolute atomic E-state index is 0.697. The average Bonchev–Trinajstić information content (AvgIpc) is 3.26. The van der Waals surface area contributed by atoms with Crippen LogP contribution < -0.4 is 10.2 Å². The summed E-state index contributed by atoms with van der Waals surface area (Å²) in [5.74, 6) is 1.93. The van der Waals surface area contributed by atoms with Gasteiger partial charge >= 0.3 is 0 Å². The van der Waals surface area contributed by atoms with Crippen molar-refractivity contribution in [3.05, 3.63) is 47.6 Å². The van der Waals surface area contributed by atoms with Gasteiger partial charge in [0.25, 0.3) is 0 Å². The molecule has 3 rings (SSSR count). The molecular weight excluding hydrogens is 390 g/mol. The summed E-state index contributed by atoms with van der Waals surface area (Å²) in [7, 11) is 0. The van der Waals surface area contributed by atoms with Gasteiger partial charge in [-0.1, -0.05) is 11.6 Å². The van der Waals surface area contributed by atoms with Gasteiger partial charge in [-0.3, -0.25) is 9.98 Å². The molecule has 0 atom stereocenters. The van der Waals surface area contributed by atoms with Crippen LogP contribution in [0.15, 0.2) is 46.3 Å². The molecule has 158 valence electrons. The summed E-state index contributed by atoms with van der Waals surface area (Å²) in [5.41, 5.74) is 1.04. The van der Waals surface area contributed by atoms with Crippen molar-refractivity contribution in [3.63, 3.8) is 0 Å². The molecule has 1 aliphatic heterocycles. The molecule has 1 fully saturated rings. The number of nitrogens with one attached hydrogen (secondary N) is 1. The molecule has 0 saturated carbocycles. The molecule has 8 heteroatoms. The number of halogens is 1. The average molecular weight is 420 g/mol. The van der Waals surface area contributed by atoms with Crippen LogP contribution in [0.25, 0.3) is 0 Å². The maximum absolute atomic E-state index is 6.31. The highest BCUT2D eigenvalue weighted by atomic mass is 35.5. The second-order valence-corrected chi connectivity index (χ2v) is 7.22. The molecule has 1 aliphatic rings. The molecule has 0 unspecified atom stereocenters. The molecule has 0 radical (unpaired) electrons. The van der Waals surface area contributed by atoms with Crippen LogP contribution in [-0.2, 0) is 11.2 Å². The first-order valence-corrected chi connectivity index (χ1v) is 10.6. The molecule has 2 aromatic heterocycles. The van der Waals surface area contributed by atoms with Crippen molar-refractivity contribution >= 4 is 23.2 Å². The monoisotopic (exact) mass is 419 g/mol. The summed E-state index contributed by atoms with van der Waals surface area (Å²) in [6.45, 7) is 8.59. The van der Waals surface area contributed by atoms with Gasteiger partial charge in [-0.25, -0.2) is 0 Å². The molecular formula is C21H30ClN5O2. The summed E-state index contributed by atoms with van der Waals surface area (Å²) in [6, 6.07) is 5.89. The maximum atomic E-state index is 6.31. The van der Waals surface area contributed by atoms with Crippen LogP contribution in [0.1, 0.15) is 19.1 Å². The molecule has 3 heterocycles. The molecule has 29 heavy (non-hydrogen) atoms. The maximum Gasteiger partial charge on any atom is 0.194 e. The van der Waals surface area contributed by atoms with E-state index in [1.807, 2.05) is 25.1 Å². The summed E-state index contributed by atoms with van der Waals surface area (Å²) >= 11 is 6.31. The van der Waals surface area contributed by atoms with Gasteiger partial charge in [0, 0.05) is 71.3 Å². The van der Waals surface area contributed by atoms with Crippen LogP contribution in [-0.4, -0.2) is 68.3 Å². The second kappa shape index (κ2) is 11.7. The van der Waals surface area contributed by atoms with E-state index in [9.17, 15) is 0 Å².